The summed E-state index contributed by atoms with van der Waals surface area (Å²) in [4.78, 5) is 24.4. The van der Waals surface area contributed by atoms with Crippen LogP contribution < -0.4 is 0 Å². The number of rotatable bonds is 20. The first-order valence-electron chi connectivity index (χ1n) is 18.1. The summed E-state index contributed by atoms with van der Waals surface area (Å²) in [7, 11) is 1.47. The summed E-state index contributed by atoms with van der Waals surface area (Å²) in [5.74, 6) is -1.80. The molecule has 0 aromatic heterocycles. The smallest absolute Gasteiger partial charge is 0.335 e. The molecular formula is C45H51FO6. The van der Waals surface area contributed by atoms with Gasteiger partial charge in [0.1, 0.15) is 5.82 Å². The van der Waals surface area contributed by atoms with E-state index in [-0.39, 0.29) is 42.7 Å². The maximum absolute atomic E-state index is 15.4. The van der Waals surface area contributed by atoms with Crippen molar-refractivity contribution in [3.63, 3.8) is 0 Å². The fraction of sp³-hybridized carbons (Fsp3) is 0.333. The van der Waals surface area contributed by atoms with E-state index in [4.69, 9.17) is 14.2 Å². The molecule has 7 heteroatoms. The highest BCUT2D eigenvalue weighted by Crippen LogP contribution is 2.32. The number of hydrogen-bond donors (Lipinski definition) is 1. The zero-order chi connectivity index (χ0) is 37.5. The quantitative estimate of drug-likeness (QED) is 0.0560. The Morgan fingerprint density at radius 3 is 1.88 bits per heavy atom. The zero-order valence-electron chi connectivity index (χ0n) is 30.7. The summed E-state index contributed by atoms with van der Waals surface area (Å²) in [6.07, 6.45) is 6.73. The van der Waals surface area contributed by atoms with Crippen molar-refractivity contribution in [2.45, 2.75) is 58.8 Å². The molecule has 1 atom stereocenters. The lowest BCUT2D eigenvalue weighted by molar-refractivity contribution is -0.144. The molecule has 1 N–H and O–H groups in total. The van der Waals surface area contributed by atoms with Crippen molar-refractivity contribution in [3.8, 4) is 33.4 Å². The molecule has 0 saturated carbocycles. The van der Waals surface area contributed by atoms with Gasteiger partial charge >= 0.3 is 11.9 Å². The Morgan fingerprint density at radius 2 is 1.29 bits per heavy atom. The molecule has 0 aliphatic rings. The molecule has 1 unspecified atom stereocenters. The average molecular weight is 707 g/mol. The minimum atomic E-state index is -0.690. The second kappa shape index (κ2) is 20.3. The Morgan fingerprint density at radius 1 is 0.712 bits per heavy atom. The fourth-order valence-corrected chi connectivity index (χ4v) is 6.05. The Labute approximate surface area is 308 Å². The lowest BCUT2D eigenvalue weighted by atomic mass is 9.92. The van der Waals surface area contributed by atoms with Gasteiger partial charge in [0.2, 0.25) is 0 Å². The van der Waals surface area contributed by atoms with Crippen LogP contribution in [0.4, 0.5) is 4.39 Å². The topological polar surface area (TPSA) is 82.1 Å². The molecule has 0 aliphatic heterocycles. The minimum absolute atomic E-state index is 0.00254. The fourth-order valence-electron chi connectivity index (χ4n) is 6.05. The minimum Gasteiger partial charge on any atom is -0.462 e. The third-order valence-corrected chi connectivity index (χ3v) is 9.21. The molecule has 0 spiro atoms. The van der Waals surface area contributed by atoms with E-state index < -0.39 is 18.5 Å². The van der Waals surface area contributed by atoms with E-state index in [1.807, 2.05) is 36.4 Å². The van der Waals surface area contributed by atoms with Gasteiger partial charge in [-0.15, -0.1) is 0 Å². The molecule has 0 saturated heterocycles. The Kier molecular flexibility index (Phi) is 15.6. The monoisotopic (exact) mass is 706 g/mol. The van der Waals surface area contributed by atoms with Gasteiger partial charge in [-0.05, 0) is 82.7 Å². The van der Waals surface area contributed by atoms with Gasteiger partial charge in [-0.2, -0.15) is 0 Å². The highest BCUT2D eigenvalue weighted by Gasteiger charge is 2.18. The number of aliphatic hydroxyl groups is 1. The summed E-state index contributed by atoms with van der Waals surface area (Å²) < 4.78 is 31.2. The van der Waals surface area contributed by atoms with Crippen molar-refractivity contribution in [1.29, 1.82) is 0 Å². The molecule has 0 aliphatic carbocycles. The number of aliphatic hydroxyl groups excluding tert-OH is 1. The molecule has 0 amide bonds. The number of carbonyl (C=O) groups is 2. The van der Waals surface area contributed by atoms with Crippen LogP contribution in [0.2, 0.25) is 0 Å². The highest BCUT2D eigenvalue weighted by atomic mass is 19.1. The number of ether oxygens (including phenoxy) is 3. The standard InChI is InChI=1S/C45H51FO6/c1-6-8-9-10-33-13-16-37(17-14-33)40-22-24-42(43(46)26-40)39-20-18-38(19-21-39)41-23-15-34(25-36(41)7-2)11-12-35(29-51-44(48)31(3)27-47)30-52-45(49)32(4)28-50-5/h13-26,35,47H,3-4,6-12,27-30H2,1-2,5H3. The third-order valence-electron chi connectivity index (χ3n) is 9.21. The average Bonchev–Trinajstić information content (AvgIpc) is 3.17. The normalized spacial score (nSPS) is 11.6. The molecule has 4 aromatic carbocycles. The first-order valence-corrected chi connectivity index (χ1v) is 18.1. The van der Waals surface area contributed by atoms with Crippen LogP contribution in [0, 0.1) is 11.7 Å². The van der Waals surface area contributed by atoms with Crippen molar-refractivity contribution in [2.75, 3.05) is 33.5 Å². The number of benzene rings is 4. The lowest BCUT2D eigenvalue weighted by Crippen LogP contribution is -2.23. The molecule has 274 valence electrons. The molecule has 6 nitrogen and oxygen atoms in total. The number of carbonyl (C=O) groups excluding carboxylic acids is 2. The van der Waals surface area contributed by atoms with E-state index in [2.05, 4.69) is 69.5 Å². The molecule has 4 rings (SSSR count). The van der Waals surface area contributed by atoms with E-state index in [0.717, 1.165) is 46.2 Å². The van der Waals surface area contributed by atoms with E-state index in [1.54, 1.807) is 6.07 Å². The number of hydrogen-bond acceptors (Lipinski definition) is 6. The van der Waals surface area contributed by atoms with Crippen LogP contribution in [0.25, 0.3) is 33.4 Å². The lowest BCUT2D eigenvalue weighted by Gasteiger charge is -2.18. The van der Waals surface area contributed by atoms with Crippen LogP contribution in [0.5, 0.6) is 0 Å². The third kappa shape index (κ3) is 11.3. The van der Waals surface area contributed by atoms with Gasteiger partial charge in [-0.25, -0.2) is 14.0 Å². The first-order chi connectivity index (χ1) is 25.2. The Balaban J connectivity index is 1.43. The molecule has 52 heavy (non-hydrogen) atoms. The van der Waals surface area contributed by atoms with E-state index >= 15 is 4.39 Å². The van der Waals surface area contributed by atoms with Gasteiger partial charge in [-0.3, -0.25) is 0 Å². The van der Waals surface area contributed by atoms with Crippen LogP contribution in [-0.2, 0) is 43.1 Å². The maximum Gasteiger partial charge on any atom is 0.335 e. The van der Waals surface area contributed by atoms with Crippen molar-refractivity contribution in [2.24, 2.45) is 5.92 Å². The van der Waals surface area contributed by atoms with Crippen molar-refractivity contribution < 1.29 is 33.3 Å². The van der Waals surface area contributed by atoms with Gasteiger partial charge in [0, 0.05) is 18.6 Å². The van der Waals surface area contributed by atoms with Crippen LogP contribution in [0.15, 0.2) is 109 Å². The van der Waals surface area contributed by atoms with Crippen LogP contribution in [0.3, 0.4) is 0 Å². The van der Waals surface area contributed by atoms with Gasteiger partial charge < -0.3 is 19.3 Å². The largest absolute Gasteiger partial charge is 0.462 e. The van der Waals surface area contributed by atoms with Gasteiger partial charge in [0.05, 0.1) is 37.6 Å². The maximum atomic E-state index is 15.4. The van der Waals surface area contributed by atoms with Gasteiger partial charge in [0.25, 0.3) is 0 Å². The summed E-state index contributed by atoms with van der Waals surface area (Å²) >= 11 is 0. The number of methoxy groups -OCH3 is 1. The predicted molar refractivity (Wildman–Crippen MR) is 206 cm³/mol. The highest BCUT2D eigenvalue weighted by molar-refractivity contribution is 5.88. The number of halogens is 1. The van der Waals surface area contributed by atoms with E-state index in [1.165, 1.54) is 37.5 Å². The van der Waals surface area contributed by atoms with Crippen molar-refractivity contribution in [1.82, 2.24) is 0 Å². The second-order valence-electron chi connectivity index (χ2n) is 13.2. The predicted octanol–water partition coefficient (Wildman–Crippen LogP) is 9.51. The molecular weight excluding hydrogens is 655 g/mol. The Bertz CT molecular complexity index is 1810. The van der Waals surface area contributed by atoms with Gasteiger partial charge in [-0.1, -0.05) is 119 Å². The first kappa shape index (κ1) is 39.9. The molecule has 0 fully saturated rings. The van der Waals surface area contributed by atoms with Crippen LogP contribution in [-0.4, -0.2) is 50.6 Å². The van der Waals surface area contributed by atoms with Crippen LogP contribution >= 0.6 is 0 Å². The number of aryl methyl sites for hydroxylation is 3. The van der Waals surface area contributed by atoms with E-state index in [9.17, 15) is 14.7 Å². The van der Waals surface area contributed by atoms with Crippen molar-refractivity contribution in [3.05, 3.63) is 132 Å². The van der Waals surface area contributed by atoms with Crippen molar-refractivity contribution >= 4 is 11.9 Å². The summed E-state index contributed by atoms with van der Waals surface area (Å²) in [5.41, 5.74) is 9.11. The molecule has 0 radical (unpaired) electrons. The summed E-state index contributed by atoms with van der Waals surface area (Å²) in [6.45, 7) is 11.1. The summed E-state index contributed by atoms with van der Waals surface area (Å²) in [5, 5.41) is 9.21. The molecule has 0 heterocycles. The van der Waals surface area contributed by atoms with Gasteiger partial charge in [0.15, 0.2) is 0 Å². The number of esters is 2. The van der Waals surface area contributed by atoms with E-state index in [0.29, 0.717) is 18.4 Å². The molecule has 0 bridgehead atoms. The molecule has 4 aromatic rings. The number of unbranched alkanes of at least 4 members (excludes halogenated alkanes) is 2. The SMILES string of the molecule is C=C(CO)C(=O)OCC(CCc1ccc(-c2ccc(-c3ccc(-c4ccc(CCCCC)cc4)cc3F)cc2)c(CC)c1)COC(=O)C(=C)COC. The zero-order valence-corrected chi connectivity index (χ0v) is 30.7. The summed E-state index contributed by atoms with van der Waals surface area (Å²) in [6, 6.07) is 28.2. The second-order valence-corrected chi connectivity index (χ2v) is 13.2. The Hall–Kier alpha value is -4.85. The van der Waals surface area contributed by atoms with Crippen LogP contribution in [0.1, 0.15) is 56.2 Å².